The van der Waals surface area contributed by atoms with Gasteiger partial charge in [-0.25, -0.2) is 4.79 Å². The summed E-state index contributed by atoms with van der Waals surface area (Å²) >= 11 is 3.11. The highest BCUT2D eigenvalue weighted by atomic mass is 32.2. The lowest BCUT2D eigenvalue weighted by molar-refractivity contribution is -0.140. The van der Waals surface area contributed by atoms with E-state index < -0.39 is 17.4 Å². The number of carbonyl (C=O) groups excluding carboxylic acids is 1. The molecule has 0 saturated heterocycles. The van der Waals surface area contributed by atoms with Crippen LogP contribution in [0.4, 0.5) is 13.2 Å². The van der Waals surface area contributed by atoms with Crippen molar-refractivity contribution in [2.24, 2.45) is 5.92 Å². The van der Waals surface area contributed by atoms with Crippen LogP contribution in [0, 0.1) is 5.92 Å². The molecule has 1 aliphatic rings. The van der Waals surface area contributed by atoms with Crippen LogP contribution in [0.5, 0.6) is 0 Å². The van der Waals surface area contributed by atoms with Crippen LogP contribution in [-0.2, 0) is 11.0 Å². The van der Waals surface area contributed by atoms with Gasteiger partial charge in [-0.3, -0.25) is 4.79 Å². The average Bonchev–Trinajstić information content (AvgIpc) is 3.63. The highest BCUT2D eigenvalue weighted by molar-refractivity contribution is 8.13. The Hall–Kier alpha value is -1.41. The summed E-state index contributed by atoms with van der Waals surface area (Å²) < 4.78 is 45.5. The summed E-state index contributed by atoms with van der Waals surface area (Å²) in [7, 11) is 0. The molecule has 1 saturated carbocycles. The number of fused-ring (bicyclic) bond motifs is 1. The second-order valence-electron chi connectivity index (χ2n) is 9.61. The predicted molar refractivity (Wildman–Crippen MR) is 139 cm³/mol. The number of benzene rings is 1. The molecule has 0 aliphatic heterocycles. The van der Waals surface area contributed by atoms with Crippen molar-refractivity contribution in [3.05, 3.63) is 39.7 Å². The molecule has 3 rings (SSSR count). The second-order valence-corrected chi connectivity index (χ2v) is 11.9. The number of alkyl halides is 3. The van der Waals surface area contributed by atoms with Gasteiger partial charge < -0.3 is 4.42 Å². The molecular weight excluding hydrogens is 493 g/mol. The number of rotatable bonds is 14. The molecule has 0 radical (unpaired) electrons. The molecule has 0 atom stereocenters. The lowest BCUT2D eigenvalue weighted by Crippen LogP contribution is -2.21. The highest BCUT2D eigenvalue weighted by Crippen LogP contribution is 2.47. The smallest absolute Gasteiger partial charge is 0.422 e. The maximum Gasteiger partial charge on any atom is 0.423 e. The Bertz CT molecular complexity index is 1040. The zero-order chi connectivity index (χ0) is 25.4. The predicted octanol–water partition coefficient (Wildman–Crippen LogP) is 8.82. The third kappa shape index (κ3) is 8.59. The Labute approximate surface area is 214 Å². The SMILES string of the molecule is CC(C)C(=O)SCCCCCCCCCCSc1ccc2c(C3CC3)c(C(F)(F)F)c(=O)oc2c1. The first kappa shape index (κ1) is 28.2. The Balaban J connectivity index is 1.36. The van der Waals surface area contributed by atoms with Gasteiger partial charge in [0, 0.05) is 22.0 Å². The van der Waals surface area contributed by atoms with Gasteiger partial charge in [0.15, 0.2) is 5.12 Å². The van der Waals surface area contributed by atoms with Crippen LogP contribution in [0.3, 0.4) is 0 Å². The fraction of sp³-hybridized carbons (Fsp3) is 0.630. The number of halogens is 3. The molecule has 3 nitrogen and oxygen atoms in total. The first-order valence-electron chi connectivity index (χ1n) is 12.7. The molecule has 8 heteroatoms. The standard InChI is InChI=1S/C27H35F3O3S2/c1-18(2)26(32)35-16-10-8-6-4-3-5-7-9-15-34-20-13-14-21-22(17-20)33-25(31)24(27(28,29)30)23(21)19-11-12-19/h13-14,17-19H,3-12,15-16H2,1-2H3. The number of hydrogen-bond acceptors (Lipinski definition) is 5. The average molecular weight is 529 g/mol. The van der Waals surface area contributed by atoms with E-state index in [9.17, 15) is 22.8 Å². The quantitative estimate of drug-likeness (QED) is 0.139. The zero-order valence-electron chi connectivity index (χ0n) is 20.5. The minimum absolute atomic E-state index is 0.114. The van der Waals surface area contributed by atoms with Gasteiger partial charge in [-0.05, 0) is 61.1 Å². The molecule has 194 valence electrons. The van der Waals surface area contributed by atoms with Crippen molar-refractivity contribution in [2.75, 3.05) is 11.5 Å². The van der Waals surface area contributed by atoms with Crippen molar-refractivity contribution in [1.82, 2.24) is 0 Å². The number of unbranched alkanes of at least 4 members (excludes halogenated alkanes) is 7. The molecule has 1 fully saturated rings. The molecular formula is C27H35F3O3S2. The van der Waals surface area contributed by atoms with Gasteiger partial charge in [-0.2, -0.15) is 13.2 Å². The topological polar surface area (TPSA) is 47.3 Å². The number of hydrogen-bond donors (Lipinski definition) is 0. The summed E-state index contributed by atoms with van der Waals surface area (Å²) in [5.41, 5.74) is -2.05. The summed E-state index contributed by atoms with van der Waals surface area (Å²) in [5.74, 6) is 1.77. The fourth-order valence-electron chi connectivity index (χ4n) is 4.15. The highest BCUT2D eigenvalue weighted by Gasteiger charge is 2.43. The first-order chi connectivity index (χ1) is 16.7. The molecule has 0 N–H and O–H groups in total. The van der Waals surface area contributed by atoms with E-state index in [-0.39, 0.29) is 28.1 Å². The van der Waals surface area contributed by atoms with Gasteiger partial charge in [0.05, 0.1) is 0 Å². The van der Waals surface area contributed by atoms with E-state index in [1.807, 2.05) is 19.9 Å². The summed E-state index contributed by atoms with van der Waals surface area (Å²) in [4.78, 5) is 24.6. The van der Waals surface area contributed by atoms with Gasteiger partial charge in [0.2, 0.25) is 0 Å². The molecule has 2 aromatic rings. The maximum atomic E-state index is 13.5. The molecule has 1 aromatic heterocycles. The molecule has 0 bridgehead atoms. The van der Waals surface area contributed by atoms with Gasteiger partial charge in [-0.1, -0.05) is 64.1 Å². The van der Waals surface area contributed by atoms with E-state index in [0.29, 0.717) is 18.2 Å². The minimum Gasteiger partial charge on any atom is -0.422 e. The minimum atomic E-state index is -4.70. The van der Waals surface area contributed by atoms with Crippen molar-refractivity contribution < 1.29 is 22.4 Å². The second kappa shape index (κ2) is 13.2. The lowest BCUT2D eigenvalue weighted by Gasteiger charge is -2.13. The molecule has 0 amide bonds. The monoisotopic (exact) mass is 528 g/mol. The van der Waals surface area contributed by atoms with Gasteiger partial charge in [0.1, 0.15) is 11.1 Å². The Kier molecular flexibility index (Phi) is 10.6. The van der Waals surface area contributed by atoms with Crippen LogP contribution in [0.1, 0.15) is 95.1 Å². The summed E-state index contributed by atoms with van der Waals surface area (Å²) in [6, 6.07) is 5.23. The third-order valence-electron chi connectivity index (χ3n) is 6.21. The van der Waals surface area contributed by atoms with Gasteiger partial charge in [0.25, 0.3) is 0 Å². The van der Waals surface area contributed by atoms with Crippen molar-refractivity contribution in [3.63, 3.8) is 0 Å². The normalized spacial score (nSPS) is 14.2. The van der Waals surface area contributed by atoms with Crippen LogP contribution in [0.15, 0.2) is 32.3 Å². The van der Waals surface area contributed by atoms with Crippen molar-refractivity contribution in [2.45, 2.75) is 95.0 Å². The molecule has 0 unspecified atom stereocenters. The molecule has 0 spiro atoms. The Morgan fingerprint density at radius 2 is 1.60 bits per heavy atom. The molecule has 1 heterocycles. The number of thioether (sulfide) groups is 2. The molecule has 1 aromatic carbocycles. The fourth-order valence-corrected chi connectivity index (χ4v) is 5.98. The summed E-state index contributed by atoms with van der Waals surface area (Å²) in [6.07, 6.45) is 6.00. The molecule has 1 aliphatic carbocycles. The van der Waals surface area contributed by atoms with Crippen LogP contribution in [0.25, 0.3) is 11.0 Å². The zero-order valence-corrected chi connectivity index (χ0v) is 22.2. The van der Waals surface area contributed by atoms with E-state index in [1.165, 1.54) is 43.9 Å². The Morgan fingerprint density at radius 1 is 1.00 bits per heavy atom. The number of carbonyl (C=O) groups is 1. The largest absolute Gasteiger partial charge is 0.423 e. The van der Waals surface area contributed by atoms with Crippen LogP contribution in [-0.4, -0.2) is 16.6 Å². The van der Waals surface area contributed by atoms with E-state index >= 15 is 0 Å². The van der Waals surface area contributed by atoms with Crippen LogP contribution >= 0.6 is 23.5 Å². The summed E-state index contributed by atoms with van der Waals surface area (Å²) in [5, 5.41) is 0.698. The van der Waals surface area contributed by atoms with Crippen molar-refractivity contribution in [1.29, 1.82) is 0 Å². The van der Waals surface area contributed by atoms with E-state index in [0.717, 1.165) is 35.7 Å². The van der Waals surface area contributed by atoms with E-state index in [4.69, 9.17) is 4.42 Å². The first-order valence-corrected chi connectivity index (χ1v) is 14.6. The van der Waals surface area contributed by atoms with E-state index in [2.05, 4.69) is 0 Å². The lowest BCUT2D eigenvalue weighted by atomic mass is 10.00. The maximum absolute atomic E-state index is 13.5. The van der Waals surface area contributed by atoms with Gasteiger partial charge >= 0.3 is 11.8 Å². The van der Waals surface area contributed by atoms with Crippen LogP contribution < -0.4 is 5.63 Å². The van der Waals surface area contributed by atoms with Crippen LogP contribution in [0.2, 0.25) is 0 Å². The van der Waals surface area contributed by atoms with E-state index in [1.54, 1.807) is 23.9 Å². The van der Waals surface area contributed by atoms with Crippen molar-refractivity contribution in [3.8, 4) is 0 Å². The summed E-state index contributed by atoms with van der Waals surface area (Å²) in [6.45, 7) is 3.88. The van der Waals surface area contributed by atoms with Crippen molar-refractivity contribution >= 4 is 39.6 Å². The Morgan fingerprint density at radius 3 is 2.17 bits per heavy atom. The third-order valence-corrected chi connectivity index (χ3v) is 8.54. The van der Waals surface area contributed by atoms with Gasteiger partial charge in [-0.15, -0.1) is 11.8 Å². The molecule has 35 heavy (non-hydrogen) atoms.